The standard InChI is InChI=1S/C15H18N4S/c16-15(17)14-7-11(3-5-18-14)8-19(13-1-2-13)9-12-4-6-20-10-12/h3-7,10,13H,1-2,8-9H2,(H3,16,17). The molecular formula is C15H18N4S. The van der Waals surface area contributed by atoms with Gasteiger partial charge in [-0.05, 0) is 52.9 Å². The van der Waals surface area contributed by atoms with Crippen molar-refractivity contribution < 1.29 is 0 Å². The van der Waals surface area contributed by atoms with Crippen LogP contribution in [0.25, 0.3) is 0 Å². The molecule has 20 heavy (non-hydrogen) atoms. The molecule has 0 unspecified atom stereocenters. The fraction of sp³-hybridized carbons (Fsp3) is 0.333. The summed E-state index contributed by atoms with van der Waals surface area (Å²) in [5.74, 6) is 0.0302. The van der Waals surface area contributed by atoms with E-state index in [1.807, 2.05) is 12.1 Å². The highest BCUT2D eigenvalue weighted by Gasteiger charge is 2.29. The molecule has 0 aliphatic heterocycles. The quantitative estimate of drug-likeness (QED) is 0.633. The van der Waals surface area contributed by atoms with Gasteiger partial charge in [-0.2, -0.15) is 11.3 Å². The van der Waals surface area contributed by atoms with Gasteiger partial charge in [-0.3, -0.25) is 15.3 Å². The van der Waals surface area contributed by atoms with Crippen LogP contribution in [0.4, 0.5) is 0 Å². The first kappa shape index (κ1) is 13.3. The van der Waals surface area contributed by atoms with Gasteiger partial charge in [-0.25, -0.2) is 0 Å². The molecule has 0 spiro atoms. The zero-order chi connectivity index (χ0) is 13.9. The molecule has 3 N–H and O–H groups in total. The minimum absolute atomic E-state index is 0.0302. The zero-order valence-corrected chi connectivity index (χ0v) is 12.1. The first-order valence-corrected chi connectivity index (χ1v) is 7.71. The molecule has 5 heteroatoms. The van der Waals surface area contributed by atoms with Crippen LogP contribution in [0.1, 0.15) is 29.7 Å². The van der Waals surface area contributed by atoms with Gasteiger partial charge in [0.2, 0.25) is 0 Å². The van der Waals surface area contributed by atoms with Crippen molar-refractivity contribution in [2.75, 3.05) is 0 Å². The average molecular weight is 286 g/mol. The maximum atomic E-state index is 7.47. The fourth-order valence-corrected chi connectivity index (χ4v) is 2.99. The summed E-state index contributed by atoms with van der Waals surface area (Å²) in [7, 11) is 0. The van der Waals surface area contributed by atoms with Gasteiger partial charge in [-0.1, -0.05) is 0 Å². The van der Waals surface area contributed by atoms with Gasteiger partial charge in [0.25, 0.3) is 0 Å². The first-order chi connectivity index (χ1) is 9.72. The fourth-order valence-electron chi connectivity index (χ4n) is 2.33. The summed E-state index contributed by atoms with van der Waals surface area (Å²) in [5.41, 5.74) is 8.62. The Morgan fingerprint density at radius 3 is 2.80 bits per heavy atom. The Morgan fingerprint density at radius 1 is 1.35 bits per heavy atom. The van der Waals surface area contributed by atoms with Gasteiger partial charge in [-0.15, -0.1) is 0 Å². The van der Waals surface area contributed by atoms with E-state index >= 15 is 0 Å². The third kappa shape index (κ3) is 3.23. The van der Waals surface area contributed by atoms with Gasteiger partial charge < -0.3 is 5.73 Å². The van der Waals surface area contributed by atoms with Crippen molar-refractivity contribution >= 4 is 17.2 Å². The van der Waals surface area contributed by atoms with E-state index in [0.29, 0.717) is 11.7 Å². The number of amidine groups is 1. The van der Waals surface area contributed by atoms with E-state index in [4.69, 9.17) is 11.1 Å². The van der Waals surface area contributed by atoms with Gasteiger partial charge in [0.1, 0.15) is 11.5 Å². The second-order valence-corrected chi connectivity index (χ2v) is 6.01. The summed E-state index contributed by atoms with van der Waals surface area (Å²) in [6, 6.07) is 6.82. The summed E-state index contributed by atoms with van der Waals surface area (Å²) < 4.78 is 0. The van der Waals surface area contributed by atoms with Crippen molar-refractivity contribution in [3.63, 3.8) is 0 Å². The van der Waals surface area contributed by atoms with Crippen LogP contribution in [-0.4, -0.2) is 21.8 Å². The summed E-state index contributed by atoms with van der Waals surface area (Å²) in [4.78, 5) is 6.62. The molecule has 4 nitrogen and oxygen atoms in total. The van der Waals surface area contributed by atoms with E-state index < -0.39 is 0 Å². The lowest BCUT2D eigenvalue weighted by atomic mass is 10.2. The second kappa shape index (κ2) is 5.73. The molecule has 0 radical (unpaired) electrons. The molecule has 2 heterocycles. The number of pyridine rings is 1. The molecule has 0 saturated heterocycles. The third-order valence-corrected chi connectivity index (χ3v) is 4.25. The van der Waals surface area contributed by atoms with E-state index in [1.54, 1.807) is 17.5 Å². The van der Waals surface area contributed by atoms with Crippen LogP contribution in [0.2, 0.25) is 0 Å². The molecule has 2 aromatic rings. The molecule has 104 valence electrons. The van der Waals surface area contributed by atoms with Gasteiger partial charge in [0.15, 0.2) is 0 Å². The monoisotopic (exact) mass is 286 g/mol. The van der Waals surface area contributed by atoms with Gasteiger partial charge in [0.05, 0.1) is 0 Å². The molecule has 1 aliphatic rings. The lowest BCUT2D eigenvalue weighted by Crippen LogP contribution is -2.25. The Morgan fingerprint density at radius 2 is 2.15 bits per heavy atom. The number of rotatable bonds is 6. The van der Waals surface area contributed by atoms with Crippen LogP contribution in [0.15, 0.2) is 35.2 Å². The van der Waals surface area contributed by atoms with Crippen LogP contribution < -0.4 is 5.73 Å². The van der Waals surface area contributed by atoms with E-state index in [2.05, 4.69) is 26.7 Å². The first-order valence-electron chi connectivity index (χ1n) is 6.77. The van der Waals surface area contributed by atoms with Gasteiger partial charge in [0, 0.05) is 25.3 Å². The smallest absolute Gasteiger partial charge is 0.141 e. The van der Waals surface area contributed by atoms with Crippen LogP contribution in [-0.2, 0) is 13.1 Å². The number of nitrogens with zero attached hydrogens (tertiary/aromatic N) is 2. The molecule has 0 bridgehead atoms. The molecule has 0 aromatic carbocycles. The van der Waals surface area contributed by atoms with E-state index in [-0.39, 0.29) is 5.84 Å². The molecule has 1 saturated carbocycles. The summed E-state index contributed by atoms with van der Waals surface area (Å²) in [5, 5.41) is 11.8. The average Bonchev–Trinajstić information content (AvgIpc) is 3.17. The summed E-state index contributed by atoms with van der Waals surface area (Å²) in [6.45, 7) is 1.88. The number of hydrogen-bond donors (Lipinski definition) is 2. The largest absolute Gasteiger partial charge is 0.382 e. The lowest BCUT2D eigenvalue weighted by Gasteiger charge is -2.21. The zero-order valence-electron chi connectivity index (χ0n) is 11.2. The highest BCUT2D eigenvalue weighted by molar-refractivity contribution is 7.07. The van der Waals surface area contributed by atoms with Crippen molar-refractivity contribution in [2.45, 2.75) is 32.0 Å². The highest BCUT2D eigenvalue weighted by atomic mass is 32.1. The third-order valence-electron chi connectivity index (χ3n) is 3.52. The van der Waals surface area contributed by atoms with Crippen molar-refractivity contribution in [3.05, 3.63) is 52.0 Å². The Balaban J connectivity index is 1.73. The number of hydrogen-bond acceptors (Lipinski definition) is 4. The van der Waals surface area contributed by atoms with E-state index in [0.717, 1.165) is 13.1 Å². The number of nitrogens with two attached hydrogens (primary N) is 1. The second-order valence-electron chi connectivity index (χ2n) is 5.23. The van der Waals surface area contributed by atoms with Crippen LogP contribution >= 0.6 is 11.3 Å². The van der Waals surface area contributed by atoms with Crippen LogP contribution in [0, 0.1) is 5.41 Å². The predicted octanol–water partition coefficient (Wildman–Crippen LogP) is 2.59. The summed E-state index contributed by atoms with van der Waals surface area (Å²) >= 11 is 1.75. The Bertz CT molecular complexity index is 590. The van der Waals surface area contributed by atoms with Crippen molar-refractivity contribution in [1.29, 1.82) is 5.41 Å². The van der Waals surface area contributed by atoms with Crippen molar-refractivity contribution in [2.24, 2.45) is 5.73 Å². The van der Waals surface area contributed by atoms with Crippen molar-refractivity contribution in [1.82, 2.24) is 9.88 Å². The molecule has 2 aromatic heterocycles. The minimum atomic E-state index is 0.0302. The van der Waals surface area contributed by atoms with E-state index in [1.165, 1.54) is 24.0 Å². The Hall–Kier alpha value is -1.72. The summed E-state index contributed by atoms with van der Waals surface area (Å²) in [6.07, 6.45) is 4.31. The molecular weight excluding hydrogens is 268 g/mol. The van der Waals surface area contributed by atoms with Crippen LogP contribution in [0.3, 0.4) is 0 Å². The lowest BCUT2D eigenvalue weighted by molar-refractivity contribution is 0.246. The molecule has 1 aliphatic carbocycles. The number of aromatic nitrogens is 1. The number of thiophene rings is 1. The Kier molecular flexibility index (Phi) is 3.80. The maximum absolute atomic E-state index is 7.47. The van der Waals surface area contributed by atoms with Gasteiger partial charge >= 0.3 is 0 Å². The SMILES string of the molecule is N=C(N)c1cc(CN(Cc2ccsc2)C2CC2)ccn1. The molecule has 3 rings (SSSR count). The number of nitrogens with one attached hydrogen (secondary N) is 1. The number of nitrogen functional groups attached to an aromatic ring is 1. The molecule has 0 amide bonds. The van der Waals surface area contributed by atoms with Crippen molar-refractivity contribution in [3.8, 4) is 0 Å². The Labute approximate surface area is 122 Å². The van der Waals surface area contributed by atoms with E-state index in [9.17, 15) is 0 Å². The normalized spacial score (nSPS) is 14.7. The molecule has 0 atom stereocenters. The highest BCUT2D eigenvalue weighted by Crippen LogP contribution is 2.30. The molecule has 1 fully saturated rings. The van der Waals surface area contributed by atoms with Crippen LogP contribution in [0.5, 0.6) is 0 Å². The minimum Gasteiger partial charge on any atom is -0.382 e. The predicted molar refractivity (Wildman–Crippen MR) is 81.8 cm³/mol. The topological polar surface area (TPSA) is 66.0 Å². The maximum Gasteiger partial charge on any atom is 0.141 e.